The second-order valence-electron chi connectivity index (χ2n) is 13.0. The second-order valence-corrected chi connectivity index (χ2v) is 15.2. The number of nitro groups is 1. The highest BCUT2D eigenvalue weighted by Gasteiger charge is 2.70. The first-order chi connectivity index (χ1) is 23.6. The Kier molecular flexibility index (Phi) is 7.71. The van der Waals surface area contributed by atoms with E-state index >= 15 is 0 Å². The van der Waals surface area contributed by atoms with Crippen LogP contribution in [-0.2, 0) is 20.9 Å². The van der Waals surface area contributed by atoms with Gasteiger partial charge < -0.3 is 14.5 Å². The lowest BCUT2D eigenvalue weighted by molar-refractivity contribution is -0.385. The summed E-state index contributed by atoms with van der Waals surface area (Å²) >= 11 is 2.63. The lowest BCUT2D eigenvalue weighted by Gasteiger charge is -2.43. The highest BCUT2D eigenvalue weighted by Crippen LogP contribution is 2.69. The molecule has 7 atom stereocenters. The van der Waals surface area contributed by atoms with E-state index in [1.807, 2.05) is 31.2 Å². The third-order valence-corrected chi connectivity index (χ3v) is 13.0. The first-order valence-electron chi connectivity index (χ1n) is 16.2. The maximum absolute atomic E-state index is 14.2. The first kappa shape index (κ1) is 31.5. The molecule has 2 saturated carbocycles. The van der Waals surface area contributed by atoms with Gasteiger partial charge in [-0.05, 0) is 73.9 Å². The Hall–Kier alpha value is -4.75. The van der Waals surface area contributed by atoms with Crippen LogP contribution in [0.1, 0.15) is 51.2 Å². The van der Waals surface area contributed by atoms with E-state index in [0.717, 1.165) is 27.3 Å². The zero-order chi connectivity index (χ0) is 34.1. The Morgan fingerprint density at radius 2 is 1.78 bits per heavy atom. The van der Waals surface area contributed by atoms with Crippen LogP contribution in [0.3, 0.4) is 0 Å². The molecule has 2 aliphatic carbocycles. The average molecular weight is 698 g/mol. The van der Waals surface area contributed by atoms with Crippen LogP contribution in [0.5, 0.6) is 5.75 Å². The molecule has 3 aromatic carbocycles. The number of anilines is 1. The number of thioether (sulfide) groups is 1. The fraction of sp³-hybridized carbons (Fsp3) is 0.333. The van der Waals surface area contributed by atoms with Crippen molar-refractivity contribution in [1.82, 2.24) is 4.98 Å². The fourth-order valence-electron chi connectivity index (χ4n) is 8.57. The van der Waals surface area contributed by atoms with E-state index < -0.39 is 28.6 Å². The molecule has 250 valence electrons. The highest BCUT2D eigenvalue weighted by atomic mass is 32.2. The molecule has 0 unspecified atom stereocenters. The normalized spacial score (nSPS) is 26.3. The maximum Gasteiger partial charge on any atom is 0.338 e. The molecule has 4 aromatic rings. The number of imide groups is 1. The summed E-state index contributed by atoms with van der Waals surface area (Å²) in [7, 11) is 0. The Balaban J connectivity index is 1.18. The van der Waals surface area contributed by atoms with Gasteiger partial charge in [0.1, 0.15) is 12.4 Å². The number of carbonyl (C=O) groups is 3. The summed E-state index contributed by atoms with van der Waals surface area (Å²) in [5, 5.41) is 12.6. The van der Waals surface area contributed by atoms with Gasteiger partial charge in [-0.25, -0.2) is 4.79 Å². The van der Waals surface area contributed by atoms with Crippen LogP contribution in [0.15, 0.2) is 76.6 Å². The number of thiazole rings is 1. The van der Waals surface area contributed by atoms with Gasteiger partial charge in [-0.1, -0.05) is 41.2 Å². The van der Waals surface area contributed by atoms with Gasteiger partial charge in [-0.3, -0.25) is 29.4 Å². The summed E-state index contributed by atoms with van der Waals surface area (Å²) < 4.78 is 11.5. The van der Waals surface area contributed by atoms with Gasteiger partial charge in [0.2, 0.25) is 11.8 Å². The van der Waals surface area contributed by atoms with Crippen LogP contribution < -0.4 is 14.5 Å². The van der Waals surface area contributed by atoms with Gasteiger partial charge in [0.15, 0.2) is 0 Å². The minimum absolute atomic E-state index is 0.0947. The minimum atomic E-state index is -0.570. The molecule has 8 rings (SSSR count). The molecule has 0 radical (unpaired) electrons. The SMILES string of the molecule is CCOC(=O)c1ccc(N2C(=O)[C@H]3[C@H]4C[C@@H]([C@@H]3C2=O)[C@H]2[C@H](c3cc([N+](=O)[O-])ccc3OCc3cccc(C)c3)c3sc(=O)[nH]c3S[C@H]42)cc1. The van der Waals surface area contributed by atoms with E-state index in [0.29, 0.717) is 34.0 Å². The topological polar surface area (TPSA) is 149 Å². The van der Waals surface area contributed by atoms with Crippen molar-refractivity contribution in [2.45, 2.75) is 43.1 Å². The standard InChI is InChI=1S/C36H31N3O8S2/c1-3-46-35(42)19-7-9-20(10-8-19)38-33(40)28-23-15-24(29(28)34(38)41)30-27(23)26(31-32(48-30)37-36(43)49-31)22-14-21(39(44)45)11-12-25(22)47-16-18-6-4-5-17(2)13-18/h4-14,23-24,26-30H,3,15-16H2,1-2H3,(H,37,43)/t23-,24-,26+,27+,28+,29+,30-/m1/s1. The van der Waals surface area contributed by atoms with Crippen molar-refractivity contribution >= 4 is 52.3 Å². The average Bonchev–Trinajstić information content (AvgIpc) is 3.82. The molecule has 2 aliphatic heterocycles. The van der Waals surface area contributed by atoms with Crippen molar-refractivity contribution in [1.29, 1.82) is 0 Å². The third kappa shape index (κ3) is 5.09. The van der Waals surface area contributed by atoms with Crippen molar-refractivity contribution in [3.05, 3.63) is 114 Å². The van der Waals surface area contributed by atoms with E-state index in [1.165, 1.54) is 11.0 Å². The number of ether oxygens (including phenoxy) is 2. The molecular weight excluding hydrogens is 667 g/mol. The molecule has 2 amide bonds. The molecule has 0 spiro atoms. The maximum atomic E-state index is 14.2. The number of non-ortho nitro benzene ring substituents is 1. The molecule has 3 fully saturated rings. The number of hydrogen-bond acceptors (Lipinski definition) is 10. The molecule has 13 heteroatoms. The van der Waals surface area contributed by atoms with Crippen LogP contribution >= 0.6 is 23.1 Å². The van der Waals surface area contributed by atoms with E-state index in [1.54, 1.807) is 55.1 Å². The number of aryl methyl sites for hydroxylation is 1. The molecule has 1 saturated heterocycles. The monoisotopic (exact) mass is 697 g/mol. The number of nitrogens with zero attached hydrogens (tertiary/aromatic N) is 2. The Morgan fingerprint density at radius 1 is 1.02 bits per heavy atom. The lowest BCUT2D eigenvalue weighted by Crippen LogP contribution is -2.42. The van der Waals surface area contributed by atoms with Gasteiger partial charge in [-0.2, -0.15) is 0 Å². The predicted molar refractivity (Wildman–Crippen MR) is 182 cm³/mol. The van der Waals surface area contributed by atoms with E-state index in [9.17, 15) is 29.3 Å². The summed E-state index contributed by atoms with van der Waals surface area (Å²) in [6.45, 7) is 4.18. The van der Waals surface area contributed by atoms with Crippen molar-refractivity contribution in [3.63, 3.8) is 0 Å². The molecular formula is C36H31N3O8S2. The minimum Gasteiger partial charge on any atom is -0.489 e. The Bertz CT molecular complexity index is 2090. The van der Waals surface area contributed by atoms with E-state index in [4.69, 9.17) is 9.47 Å². The number of amides is 2. The zero-order valence-electron chi connectivity index (χ0n) is 26.5. The molecule has 1 aromatic heterocycles. The second kappa shape index (κ2) is 12.0. The number of rotatable bonds is 8. The molecule has 4 aliphatic rings. The Labute approximate surface area is 288 Å². The molecule has 2 bridgehead atoms. The van der Waals surface area contributed by atoms with Crippen LogP contribution in [0, 0.1) is 46.6 Å². The van der Waals surface area contributed by atoms with E-state index in [2.05, 4.69) is 4.98 Å². The van der Waals surface area contributed by atoms with Gasteiger partial charge in [0.25, 0.3) is 5.69 Å². The van der Waals surface area contributed by atoms with Crippen LogP contribution in [0.2, 0.25) is 0 Å². The van der Waals surface area contributed by atoms with Crippen molar-refractivity contribution in [2.75, 3.05) is 11.5 Å². The van der Waals surface area contributed by atoms with Crippen LogP contribution in [-0.4, -0.2) is 39.5 Å². The van der Waals surface area contributed by atoms with Crippen molar-refractivity contribution < 1.29 is 28.8 Å². The van der Waals surface area contributed by atoms with Gasteiger partial charge in [0.05, 0.1) is 39.6 Å². The summed E-state index contributed by atoms with van der Waals surface area (Å²) in [4.78, 5) is 69.7. The smallest absolute Gasteiger partial charge is 0.338 e. The molecule has 11 nitrogen and oxygen atoms in total. The number of hydrogen-bond donors (Lipinski definition) is 1. The number of esters is 1. The Morgan fingerprint density at radius 3 is 2.49 bits per heavy atom. The number of nitrogens with one attached hydrogen (secondary N) is 1. The van der Waals surface area contributed by atoms with Crippen molar-refractivity contribution in [3.8, 4) is 5.75 Å². The number of carbonyl (C=O) groups excluding carboxylic acids is 3. The summed E-state index contributed by atoms with van der Waals surface area (Å²) in [5.41, 5.74) is 3.26. The number of aromatic nitrogens is 1. The van der Waals surface area contributed by atoms with Gasteiger partial charge in [0, 0.05) is 33.7 Å². The largest absolute Gasteiger partial charge is 0.489 e. The number of fused-ring (bicyclic) bond motifs is 9. The first-order valence-corrected chi connectivity index (χ1v) is 17.9. The summed E-state index contributed by atoms with van der Waals surface area (Å²) in [5.74, 6) is -2.62. The number of nitro benzene ring substituents is 1. The lowest BCUT2D eigenvalue weighted by atomic mass is 9.68. The highest BCUT2D eigenvalue weighted by molar-refractivity contribution is 8.00. The van der Waals surface area contributed by atoms with E-state index in [-0.39, 0.29) is 58.6 Å². The quantitative estimate of drug-likeness (QED) is 0.1000. The molecule has 49 heavy (non-hydrogen) atoms. The van der Waals surface area contributed by atoms with Crippen molar-refractivity contribution in [2.24, 2.45) is 29.6 Å². The third-order valence-electron chi connectivity index (χ3n) is 10.4. The zero-order valence-corrected chi connectivity index (χ0v) is 28.1. The van der Waals surface area contributed by atoms with Crippen LogP contribution in [0.25, 0.3) is 0 Å². The molecule has 3 heterocycles. The van der Waals surface area contributed by atoms with Gasteiger partial charge in [-0.15, -0.1) is 11.8 Å². The predicted octanol–water partition coefficient (Wildman–Crippen LogP) is 6.09. The number of benzene rings is 3. The fourth-order valence-corrected chi connectivity index (χ4v) is 11.4. The summed E-state index contributed by atoms with van der Waals surface area (Å²) in [6.07, 6.45) is 0.662. The van der Waals surface area contributed by atoms with Gasteiger partial charge >= 0.3 is 10.8 Å². The molecule has 1 N–H and O–H groups in total. The summed E-state index contributed by atoms with van der Waals surface area (Å²) in [6, 6.07) is 18.8. The number of aromatic amines is 1. The van der Waals surface area contributed by atoms with Crippen LogP contribution in [0.4, 0.5) is 11.4 Å². The number of H-pyrrole nitrogens is 1.